The largest absolute Gasteiger partial charge is 0.497 e. The van der Waals surface area contributed by atoms with Gasteiger partial charge in [0.15, 0.2) is 0 Å². The second kappa shape index (κ2) is 6.30. The van der Waals surface area contributed by atoms with E-state index in [1.807, 2.05) is 6.07 Å². The molecule has 1 aromatic heterocycles. The molecule has 4 rings (SSSR count). The number of benzene rings is 1. The molecule has 2 aromatic rings. The normalized spacial score (nSPS) is 24.2. The van der Waals surface area contributed by atoms with Crippen LogP contribution in [-0.4, -0.2) is 43.5 Å². The zero-order valence-electron chi connectivity index (χ0n) is 14.7. The first kappa shape index (κ1) is 17.9. The molecule has 3 heterocycles. The number of anilines is 1. The number of aromatic nitrogens is 1. The van der Waals surface area contributed by atoms with Crippen molar-refractivity contribution in [2.75, 3.05) is 38.3 Å². The second-order valence-corrected chi connectivity index (χ2v) is 7.02. The molecule has 0 saturated carbocycles. The van der Waals surface area contributed by atoms with Gasteiger partial charge in [-0.25, -0.2) is 4.98 Å². The summed E-state index contributed by atoms with van der Waals surface area (Å²) in [6, 6.07) is 7.73. The van der Waals surface area contributed by atoms with E-state index in [-0.39, 0.29) is 31.5 Å². The maximum atomic E-state index is 13.4. The second-order valence-electron chi connectivity index (χ2n) is 7.02. The Morgan fingerprint density at radius 1 is 1.37 bits per heavy atom. The van der Waals surface area contributed by atoms with Crippen molar-refractivity contribution < 1.29 is 27.8 Å². The minimum atomic E-state index is -4.49. The Morgan fingerprint density at radius 3 is 2.89 bits per heavy atom. The summed E-state index contributed by atoms with van der Waals surface area (Å²) in [5, 5.41) is 10.1. The van der Waals surface area contributed by atoms with Crippen LogP contribution in [0.3, 0.4) is 0 Å². The van der Waals surface area contributed by atoms with Crippen molar-refractivity contribution in [3.05, 3.63) is 47.7 Å². The number of aliphatic hydroxyl groups excluding tert-OH is 1. The van der Waals surface area contributed by atoms with E-state index in [0.717, 1.165) is 11.6 Å². The number of pyridine rings is 1. The lowest BCUT2D eigenvalue weighted by molar-refractivity contribution is -0.137. The Labute approximate surface area is 154 Å². The minimum absolute atomic E-state index is 0.109. The summed E-state index contributed by atoms with van der Waals surface area (Å²) in [7, 11) is 1.56. The Bertz CT molecular complexity index is 858. The highest BCUT2D eigenvalue weighted by Crippen LogP contribution is 2.51. The van der Waals surface area contributed by atoms with Crippen LogP contribution in [0, 0.1) is 5.41 Å². The molecule has 0 unspecified atom stereocenters. The Kier molecular flexibility index (Phi) is 4.18. The number of fused-ring (bicyclic) bond motifs is 3. The van der Waals surface area contributed by atoms with Gasteiger partial charge in [0.1, 0.15) is 17.3 Å². The summed E-state index contributed by atoms with van der Waals surface area (Å²) < 4.78 is 51.3. The number of nitrogens with zero attached hydrogens (tertiary/aromatic N) is 2. The number of halogens is 3. The topological polar surface area (TPSA) is 54.8 Å². The molecule has 27 heavy (non-hydrogen) atoms. The van der Waals surface area contributed by atoms with E-state index < -0.39 is 17.2 Å². The Morgan fingerprint density at radius 2 is 2.19 bits per heavy atom. The van der Waals surface area contributed by atoms with Crippen LogP contribution in [0.25, 0.3) is 0 Å². The number of methoxy groups -OCH3 is 1. The summed E-state index contributed by atoms with van der Waals surface area (Å²) >= 11 is 0. The smallest absolute Gasteiger partial charge is 0.419 e. The van der Waals surface area contributed by atoms with Gasteiger partial charge in [-0.2, -0.15) is 13.2 Å². The highest BCUT2D eigenvalue weighted by molar-refractivity contribution is 5.54. The van der Waals surface area contributed by atoms with E-state index in [4.69, 9.17) is 9.47 Å². The molecule has 0 radical (unpaired) electrons. The molecule has 8 heteroatoms. The summed E-state index contributed by atoms with van der Waals surface area (Å²) in [6.45, 7) is 0.593. The van der Waals surface area contributed by atoms with Crippen LogP contribution in [-0.2, 0) is 6.18 Å². The molecule has 1 aromatic carbocycles. The van der Waals surface area contributed by atoms with Gasteiger partial charge in [0.2, 0.25) is 0 Å². The zero-order chi connectivity index (χ0) is 19.2. The van der Waals surface area contributed by atoms with Crippen LogP contribution in [0.15, 0.2) is 36.5 Å². The molecule has 144 valence electrons. The molecule has 0 aliphatic carbocycles. The maximum Gasteiger partial charge on any atom is 0.419 e. The quantitative estimate of drug-likeness (QED) is 0.887. The zero-order valence-corrected chi connectivity index (χ0v) is 14.7. The van der Waals surface area contributed by atoms with Crippen LogP contribution in [0.2, 0.25) is 0 Å². The molecule has 2 aliphatic heterocycles. The number of alkyl halides is 3. The van der Waals surface area contributed by atoms with Crippen molar-refractivity contribution in [2.24, 2.45) is 5.41 Å². The van der Waals surface area contributed by atoms with Crippen molar-refractivity contribution in [3.63, 3.8) is 0 Å². The number of ether oxygens (including phenoxy) is 2. The number of hydrogen-bond acceptors (Lipinski definition) is 5. The molecule has 5 nitrogen and oxygen atoms in total. The van der Waals surface area contributed by atoms with Gasteiger partial charge in [0.05, 0.1) is 31.3 Å². The van der Waals surface area contributed by atoms with Gasteiger partial charge in [-0.15, -0.1) is 0 Å². The maximum absolute atomic E-state index is 13.4. The SMILES string of the molecule is COc1ccc2c(c1)OC[C@@]1(CO)CN(c3ncccc3C(F)(F)F)C[C@@H]21. The monoisotopic (exact) mass is 380 g/mol. The summed E-state index contributed by atoms with van der Waals surface area (Å²) in [5.74, 6) is 1.01. The molecule has 1 fully saturated rings. The predicted molar refractivity (Wildman–Crippen MR) is 92.2 cm³/mol. The number of aliphatic hydroxyl groups is 1. The lowest BCUT2D eigenvalue weighted by Gasteiger charge is -2.37. The lowest BCUT2D eigenvalue weighted by atomic mass is 9.74. The number of hydrogen-bond donors (Lipinski definition) is 1. The third-order valence-electron chi connectivity index (χ3n) is 5.47. The molecular formula is C19H19F3N2O3. The van der Waals surface area contributed by atoms with Crippen molar-refractivity contribution in [2.45, 2.75) is 12.1 Å². The molecule has 0 spiro atoms. The summed E-state index contributed by atoms with van der Waals surface area (Å²) in [6.07, 6.45) is -3.14. The fourth-order valence-electron chi connectivity index (χ4n) is 4.06. The highest BCUT2D eigenvalue weighted by Gasteiger charge is 2.52. The Balaban J connectivity index is 1.74. The first-order chi connectivity index (χ1) is 12.9. The fourth-order valence-corrected chi connectivity index (χ4v) is 4.06. The standard InChI is InChI=1S/C19H19F3N2O3/c1-26-12-4-5-13-15-8-24(9-18(15,10-25)11-27-16(13)7-12)17-14(19(20,21)22)3-2-6-23-17/h2-7,15,25H,8-11H2,1H3/t15-,18-/m0/s1. The first-order valence-corrected chi connectivity index (χ1v) is 8.57. The average Bonchev–Trinajstić information content (AvgIpc) is 3.07. The van der Waals surface area contributed by atoms with Crippen LogP contribution < -0.4 is 14.4 Å². The van der Waals surface area contributed by atoms with E-state index in [0.29, 0.717) is 18.0 Å². The van der Waals surface area contributed by atoms with E-state index in [9.17, 15) is 18.3 Å². The van der Waals surface area contributed by atoms with Crippen LogP contribution in [0.5, 0.6) is 11.5 Å². The summed E-state index contributed by atoms with van der Waals surface area (Å²) in [5.41, 5.74) is -0.585. The van der Waals surface area contributed by atoms with Gasteiger partial charge in [-0.3, -0.25) is 0 Å². The number of rotatable bonds is 3. The summed E-state index contributed by atoms with van der Waals surface area (Å²) in [4.78, 5) is 5.60. The molecule has 2 atom stereocenters. The molecule has 0 amide bonds. The van der Waals surface area contributed by atoms with Gasteiger partial charge in [0, 0.05) is 36.8 Å². The van der Waals surface area contributed by atoms with Crippen LogP contribution in [0.1, 0.15) is 17.0 Å². The first-order valence-electron chi connectivity index (χ1n) is 8.57. The highest BCUT2D eigenvalue weighted by atomic mass is 19.4. The third kappa shape index (κ3) is 2.88. The van der Waals surface area contributed by atoms with E-state index >= 15 is 0 Å². The van der Waals surface area contributed by atoms with Crippen molar-refractivity contribution >= 4 is 5.82 Å². The minimum Gasteiger partial charge on any atom is -0.497 e. The van der Waals surface area contributed by atoms with Gasteiger partial charge in [-0.1, -0.05) is 6.07 Å². The van der Waals surface area contributed by atoms with E-state index in [2.05, 4.69) is 4.98 Å². The van der Waals surface area contributed by atoms with Crippen molar-refractivity contribution in [1.82, 2.24) is 4.98 Å². The third-order valence-corrected chi connectivity index (χ3v) is 5.47. The Hall–Kier alpha value is -2.48. The van der Waals surface area contributed by atoms with Crippen LogP contribution in [0.4, 0.5) is 19.0 Å². The predicted octanol–water partition coefficient (Wildman–Crippen LogP) is 3.08. The van der Waals surface area contributed by atoms with E-state index in [1.165, 1.54) is 12.3 Å². The fraction of sp³-hybridized carbons (Fsp3) is 0.421. The lowest BCUT2D eigenvalue weighted by Crippen LogP contribution is -2.42. The molecule has 1 saturated heterocycles. The van der Waals surface area contributed by atoms with Gasteiger partial charge in [0.25, 0.3) is 0 Å². The van der Waals surface area contributed by atoms with Gasteiger partial charge < -0.3 is 19.5 Å². The average molecular weight is 380 g/mol. The van der Waals surface area contributed by atoms with Crippen molar-refractivity contribution in [1.29, 1.82) is 0 Å². The molecular weight excluding hydrogens is 361 g/mol. The molecule has 0 bridgehead atoms. The van der Waals surface area contributed by atoms with E-state index in [1.54, 1.807) is 24.1 Å². The van der Waals surface area contributed by atoms with Gasteiger partial charge in [-0.05, 0) is 18.2 Å². The van der Waals surface area contributed by atoms with Crippen molar-refractivity contribution in [3.8, 4) is 11.5 Å². The molecule has 2 aliphatic rings. The molecule has 1 N–H and O–H groups in total. The van der Waals surface area contributed by atoms with Gasteiger partial charge >= 0.3 is 6.18 Å². The van der Waals surface area contributed by atoms with Crippen LogP contribution >= 0.6 is 0 Å².